The number of pyridine rings is 1. The highest BCUT2D eigenvalue weighted by atomic mass is 16.5. The van der Waals surface area contributed by atoms with Gasteiger partial charge in [0.2, 0.25) is 5.90 Å². The summed E-state index contributed by atoms with van der Waals surface area (Å²) in [6, 6.07) is 22.8. The van der Waals surface area contributed by atoms with E-state index in [1.165, 1.54) is 0 Å². The summed E-state index contributed by atoms with van der Waals surface area (Å²) in [7, 11) is 0. The largest absolute Gasteiger partial charge is 0.465 e. The van der Waals surface area contributed by atoms with Gasteiger partial charge in [0.1, 0.15) is 11.5 Å². The summed E-state index contributed by atoms with van der Waals surface area (Å²) in [5, 5.41) is 0. The molecule has 0 atom stereocenters. The lowest BCUT2D eigenvalue weighted by atomic mass is 10.3. The van der Waals surface area contributed by atoms with Crippen molar-refractivity contribution >= 4 is 11.6 Å². The fraction of sp³-hybridized carbons (Fsp3) is 0.0476. The smallest absolute Gasteiger partial charge is 0.225 e. The van der Waals surface area contributed by atoms with Crippen molar-refractivity contribution in [2.24, 2.45) is 4.99 Å². The van der Waals surface area contributed by atoms with Crippen LogP contribution in [0.15, 0.2) is 102 Å². The highest BCUT2D eigenvalue weighted by molar-refractivity contribution is 5.96. The van der Waals surface area contributed by atoms with E-state index >= 15 is 0 Å². The van der Waals surface area contributed by atoms with Gasteiger partial charge in [-0.2, -0.15) is 0 Å². The molecule has 3 rings (SSSR count). The van der Waals surface area contributed by atoms with Crippen LogP contribution in [0.25, 0.3) is 0 Å². The lowest BCUT2D eigenvalue weighted by Crippen LogP contribution is -2.11. The van der Waals surface area contributed by atoms with Crippen molar-refractivity contribution in [2.75, 3.05) is 0 Å². The third-order valence-electron chi connectivity index (χ3n) is 3.29. The maximum absolute atomic E-state index is 5.91. The van der Waals surface area contributed by atoms with Crippen molar-refractivity contribution in [1.29, 1.82) is 0 Å². The van der Waals surface area contributed by atoms with E-state index in [0.29, 0.717) is 11.6 Å². The molecule has 4 nitrogen and oxygen atoms in total. The SMILES string of the molecule is CC(=C\Oc1ccccc1)/C(=N\c1ccccc1)Oc1cccnc1. The van der Waals surface area contributed by atoms with Gasteiger partial charge in [0, 0.05) is 11.8 Å². The summed E-state index contributed by atoms with van der Waals surface area (Å²) in [6.07, 6.45) is 4.97. The van der Waals surface area contributed by atoms with Gasteiger partial charge in [0.25, 0.3) is 0 Å². The minimum atomic E-state index is 0.454. The predicted molar refractivity (Wildman–Crippen MR) is 99.2 cm³/mol. The lowest BCUT2D eigenvalue weighted by Gasteiger charge is -2.10. The number of ether oxygens (including phenoxy) is 2. The molecule has 0 fully saturated rings. The molecule has 25 heavy (non-hydrogen) atoms. The number of aromatic nitrogens is 1. The summed E-state index contributed by atoms with van der Waals surface area (Å²) in [5.41, 5.74) is 1.56. The second kappa shape index (κ2) is 8.45. The number of nitrogens with zero attached hydrogens (tertiary/aromatic N) is 2. The van der Waals surface area contributed by atoms with Gasteiger partial charge in [-0.25, -0.2) is 4.99 Å². The number of hydrogen-bond donors (Lipinski definition) is 0. The van der Waals surface area contributed by atoms with Crippen LogP contribution < -0.4 is 9.47 Å². The van der Waals surface area contributed by atoms with Crippen LogP contribution in [0.4, 0.5) is 5.69 Å². The molecule has 1 heterocycles. The summed E-state index contributed by atoms with van der Waals surface area (Å²) in [6.45, 7) is 1.89. The zero-order valence-corrected chi connectivity index (χ0v) is 13.9. The molecule has 0 amide bonds. The molecule has 0 aliphatic carbocycles. The summed E-state index contributed by atoms with van der Waals surface area (Å²) in [4.78, 5) is 8.65. The Morgan fingerprint density at radius 3 is 2.24 bits per heavy atom. The quantitative estimate of drug-likeness (QED) is 0.368. The van der Waals surface area contributed by atoms with E-state index in [1.54, 1.807) is 18.7 Å². The fourth-order valence-electron chi connectivity index (χ4n) is 2.04. The standard InChI is InChI=1S/C21H18N2O2/c1-17(16-24-19-11-6-3-7-12-19)21(23-18-9-4-2-5-10-18)25-20-13-8-14-22-15-20/h2-16H,1H3/b17-16+,23-21+. The summed E-state index contributed by atoms with van der Waals surface area (Å²) in [5.74, 6) is 1.82. The van der Waals surface area contributed by atoms with Crippen molar-refractivity contribution in [1.82, 2.24) is 4.98 Å². The molecule has 2 aromatic carbocycles. The Balaban J connectivity index is 1.86. The molecule has 4 heteroatoms. The third kappa shape index (κ3) is 5.04. The zero-order chi connectivity index (χ0) is 17.3. The van der Waals surface area contributed by atoms with Crippen LogP contribution in [-0.2, 0) is 0 Å². The Kier molecular flexibility index (Phi) is 5.56. The molecule has 0 aliphatic heterocycles. The van der Waals surface area contributed by atoms with E-state index in [2.05, 4.69) is 9.98 Å². The Labute approximate surface area is 147 Å². The van der Waals surface area contributed by atoms with E-state index < -0.39 is 0 Å². The van der Waals surface area contributed by atoms with Crippen LogP contribution in [-0.4, -0.2) is 10.9 Å². The summed E-state index contributed by atoms with van der Waals surface area (Å²) >= 11 is 0. The van der Waals surface area contributed by atoms with E-state index in [-0.39, 0.29) is 0 Å². The average Bonchev–Trinajstić information content (AvgIpc) is 2.68. The van der Waals surface area contributed by atoms with E-state index in [0.717, 1.165) is 17.0 Å². The highest BCUT2D eigenvalue weighted by Crippen LogP contribution is 2.17. The highest BCUT2D eigenvalue weighted by Gasteiger charge is 2.07. The predicted octanol–water partition coefficient (Wildman–Crippen LogP) is 5.17. The molecule has 3 aromatic rings. The molecular formula is C21H18N2O2. The Morgan fingerprint density at radius 1 is 0.880 bits per heavy atom. The molecule has 0 unspecified atom stereocenters. The number of rotatable bonds is 5. The van der Waals surface area contributed by atoms with Crippen LogP contribution in [0, 0.1) is 0 Å². The van der Waals surface area contributed by atoms with Gasteiger partial charge in [0.15, 0.2) is 0 Å². The minimum absolute atomic E-state index is 0.454. The van der Waals surface area contributed by atoms with Crippen LogP contribution in [0.2, 0.25) is 0 Å². The molecule has 0 saturated heterocycles. The Bertz CT molecular complexity index is 845. The Hall–Kier alpha value is -3.40. The maximum Gasteiger partial charge on any atom is 0.225 e. The monoisotopic (exact) mass is 330 g/mol. The van der Waals surface area contributed by atoms with Crippen LogP contribution >= 0.6 is 0 Å². The minimum Gasteiger partial charge on any atom is -0.465 e. The lowest BCUT2D eigenvalue weighted by molar-refractivity contribution is 0.473. The molecule has 124 valence electrons. The van der Waals surface area contributed by atoms with Crippen molar-refractivity contribution in [3.63, 3.8) is 0 Å². The van der Waals surface area contributed by atoms with E-state index in [9.17, 15) is 0 Å². The van der Waals surface area contributed by atoms with Gasteiger partial charge in [-0.05, 0) is 43.3 Å². The van der Waals surface area contributed by atoms with E-state index in [1.807, 2.05) is 79.7 Å². The van der Waals surface area contributed by atoms with Crippen LogP contribution in [0.5, 0.6) is 11.5 Å². The molecule has 0 radical (unpaired) electrons. The van der Waals surface area contributed by atoms with Crippen molar-refractivity contribution in [3.05, 3.63) is 97.0 Å². The summed E-state index contributed by atoms with van der Waals surface area (Å²) < 4.78 is 11.6. The molecule has 0 aliphatic rings. The third-order valence-corrected chi connectivity index (χ3v) is 3.29. The number of benzene rings is 2. The van der Waals surface area contributed by atoms with Gasteiger partial charge in [-0.3, -0.25) is 4.98 Å². The molecule has 0 saturated carbocycles. The van der Waals surface area contributed by atoms with Crippen LogP contribution in [0.3, 0.4) is 0 Å². The average molecular weight is 330 g/mol. The normalized spacial score (nSPS) is 11.9. The van der Waals surface area contributed by atoms with Gasteiger partial charge in [0.05, 0.1) is 18.1 Å². The van der Waals surface area contributed by atoms with Gasteiger partial charge >= 0.3 is 0 Å². The first-order chi connectivity index (χ1) is 12.3. The zero-order valence-electron chi connectivity index (χ0n) is 13.9. The maximum atomic E-state index is 5.91. The number of aliphatic imine (C=N–C) groups is 1. The van der Waals surface area contributed by atoms with E-state index in [4.69, 9.17) is 9.47 Å². The van der Waals surface area contributed by atoms with Gasteiger partial charge in [-0.15, -0.1) is 0 Å². The molecule has 0 spiro atoms. The van der Waals surface area contributed by atoms with Crippen molar-refractivity contribution in [2.45, 2.75) is 6.92 Å². The second-order valence-electron chi connectivity index (χ2n) is 5.28. The van der Waals surface area contributed by atoms with Crippen molar-refractivity contribution in [3.8, 4) is 11.5 Å². The molecule has 1 aromatic heterocycles. The Morgan fingerprint density at radius 2 is 1.56 bits per heavy atom. The first-order valence-corrected chi connectivity index (χ1v) is 7.92. The number of hydrogen-bond acceptors (Lipinski definition) is 4. The van der Waals surface area contributed by atoms with Crippen molar-refractivity contribution < 1.29 is 9.47 Å². The first kappa shape index (κ1) is 16.5. The molecule has 0 N–H and O–H groups in total. The topological polar surface area (TPSA) is 43.7 Å². The van der Waals surface area contributed by atoms with Gasteiger partial charge in [-0.1, -0.05) is 36.4 Å². The van der Waals surface area contributed by atoms with Gasteiger partial charge < -0.3 is 9.47 Å². The first-order valence-electron chi connectivity index (χ1n) is 7.92. The van der Waals surface area contributed by atoms with Crippen LogP contribution in [0.1, 0.15) is 6.92 Å². The molecular weight excluding hydrogens is 312 g/mol. The molecule has 0 bridgehead atoms. The second-order valence-corrected chi connectivity index (χ2v) is 5.28. The fourth-order valence-corrected chi connectivity index (χ4v) is 2.04. The number of para-hydroxylation sites is 2.